The molecule has 2 aliphatic heterocycles. The van der Waals surface area contributed by atoms with Crippen LogP contribution in [-0.2, 0) is 35.7 Å². The summed E-state index contributed by atoms with van der Waals surface area (Å²) in [7, 11) is 1.69. The Morgan fingerprint density at radius 1 is 1.11 bits per heavy atom. The van der Waals surface area contributed by atoms with Gasteiger partial charge in [0.2, 0.25) is 5.91 Å². The number of hydroxylamine groups is 2. The summed E-state index contributed by atoms with van der Waals surface area (Å²) >= 11 is 1.73. The number of fused-ring (bicyclic) bond motifs is 5. The molecule has 8 heteroatoms. The van der Waals surface area contributed by atoms with Crippen molar-refractivity contribution >= 4 is 17.2 Å². The first-order valence-corrected chi connectivity index (χ1v) is 14.0. The minimum absolute atomic E-state index is 0.0302. The van der Waals surface area contributed by atoms with Crippen molar-refractivity contribution in [3.05, 3.63) is 46.5 Å². The molecular formula is C29H37N3O4S. The van der Waals surface area contributed by atoms with E-state index in [1.165, 1.54) is 27.3 Å². The fourth-order valence-corrected chi connectivity index (χ4v) is 6.21. The number of aromatic nitrogens is 1. The minimum Gasteiger partial charge on any atom is -0.493 e. The maximum absolute atomic E-state index is 12.8. The van der Waals surface area contributed by atoms with E-state index in [9.17, 15) is 4.79 Å². The van der Waals surface area contributed by atoms with Gasteiger partial charge in [0, 0.05) is 60.7 Å². The smallest absolute Gasteiger partial charge is 0.219 e. The fraction of sp³-hybridized carbons (Fsp3) is 0.483. The van der Waals surface area contributed by atoms with E-state index >= 15 is 0 Å². The van der Waals surface area contributed by atoms with E-state index in [1.54, 1.807) is 25.4 Å². The van der Waals surface area contributed by atoms with Crippen LogP contribution in [-0.4, -0.2) is 52.8 Å². The SMILES string of the molecule is COc1cc2c(cc1OC(C)C)-c1c(-c3cccs3)c3c(n1CC2)CON(C(C)C)CCN(C(C)=O)C3. The number of benzene rings is 1. The summed E-state index contributed by atoms with van der Waals surface area (Å²) in [5.74, 6) is 1.59. The van der Waals surface area contributed by atoms with E-state index in [-0.39, 0.29) is 18.1 Å². The molecule has 5 rings (SSSR count). The van der Waals surface area contributed by atoms with Crippen molar-refractivity contribution in [3.8, 4) is 33.2 Å². The van der Waals surface area contributed by atoms with Gasteiger partial charge in [-0.3, -0.25) is 9.63 Å². The third kappa shape index (κ3) is 4.90. The van der Waals surface area contributed by atoms with Crippen LogP contribution in [0.25, 0.3) is 21.7 Å². The van der Waals surface area contributed by atoms with Crippen molar-refractivity contribution in [1.29, 1.82) is 0 Å². The quantitative estimate of drug-likeness (QED) is 0.427. The van der Waals surface area contributed by atoms with Gasteiger partial charge in [-0.1, -0.05) is 6.07 Å². The number of methoxy groups -OCH3 is 1. The number of hydrogen-bond donors (Lipinski definition) is 0. The third-order valence-electron chi connectivity index (χ3n) is 7.19. The van der Waals surface area contributed by atoms with Gasteiger partial charge >= 0.3 is 0 Å². The monoisotopic (exact) mass is 523 g/mol. The summed E-state index contributed by atoms with van der Waals surface area (Å²) in [4.78, 5) is 22.3. The van der Waals surface area contributed by atoms with Crippen LogP contribution in [0.15, 0.2) is 29.6 Å². The van der Waals surface area contributed by atoms with Crippen LogP contribution in [0, 0.1) is 0 Å². The predicted octanol–water partition coefficient (Wildman–Crippen LogP) is 5.74. The first-order valence-electron chi connectivity index (χ1n) is 13.1. The highest BCUT2D eigenvalue weighted by molar-refractivity contribution is 7.13. The molecule has 198 valence electrons. The van der Waals surface area contributed by atoms with Gasteiger partial charge in [-0.15, -0.1) is 11.3 Å². The molecule has 0 bridgehead atoms. The second-order valence-corrected chi connectivity index (χ2v) is 11.3. The van der Waals surface area contributed by atoms with Gasteiger partial charge < -0.3 is 18.9 Å². The Bertz CT molecular complexity index is 1280. The van der Waals surface area contributed by atoms with Crippen molar-refractivity contribution < 1.29 is 19.1 Å². The number of carbonyl (C=O) groups is 1. The molecule has 7 nitrogen and oxygen atoms in total. The van der Waals surface area contributed by atoms with Crippen LogP contribution >= 0.6 is 11.3 Å². The third-order valence-corrected chi connectivity index (χ3v) is 8.08. The maximum atomic E-state index is 12.8. The zero-order chi connectivity index (χ0) is 26.3. The number of hydrogen-bond acceptors (Lipinski definition) is 6. The number of ether oxygens (including phenoxy) is 2. The van der Waals surface area contributed by atoms with Gasteiger partial charge in [0.05, 0.1) is 24.6 Å². The van der Waals surface area contributed by atoms with Gasteiger partial charge in [-0.05, 0) is 63.3 Å². The molecule has 0 spiro atoms. The standard InChI is InChI=1S/C29H37N3O4S/c1-18(2)32-12-11-30(20(5)33)16-23-24(17-35-32)31-10-9-21-14-25(34-6)26(36-19(3)4)15-22(21)29(31)28(23)27-8-7-13-37-27/h7-8,13-15,18-19H,9-12,16-17H2,1-6H3. The molecule has 0 atom stereocenters. The topological polar surface area (TPSA) is 56.2 Å². The van der Waals surface area contributed by atoms with Crippen molar-refractivity contribution in [1.82, 2.24) is 14.5 Å². The van der Waals surface area contributed by atoms with Gasteiger partial charge in [0.15, 0.2) is 11.5 Å². The molecule has 37 heavy (non-hydrogen) atoms. The lowest BCUT2D eigenvalue weighted by molar-refractivity contribution is -0.191. The Balaban J connectivity index is 1.75. The van der Waals surface area contributed by atoms with Crippen LogP contribution in [0.3, 0.4) is 0 Å². The zero-order valence-electron chi connectivity index (χ0n) is 22.7. The van der Waals surface area contributed by atoms with Crippen molar-refractivity contribution in [2.24, 2.45) is 0 Å². The van der Waals surface area contributed by atoms with E-state index in [1.807, 2.05) is 23.8 Å². The van der Waals surface area contributed by atoms with Gasteiger partial charge in [-0.25, -0.2) is 0 Å². The van der Waals surface area contributed by atoms with E-state index in [4.69, 9.17) is 14.3 Å². The molecule has 0 unspecified atom stereocenters. The fourth-order valence-electron chi connectivity index (χ4n) is 5.41. The molecule has 0 fully saturated rings. The molecule has 0 saturated carbocycles. The molecule has 4 heterocycles. The first kappa shape index (κ1) is 25.8. The van der Waals surface area contributed by atoms with Crippen molar-refractivity contribution in [2.75, 3.05) is 20.2 Å². The van der Waals surface area contributed by atoms with E-state index in [0.29, 0.717) is 26.2 Å². The Kier molecular flexibility index (Phi) is 7.34. The Morgan fingerprint density at radius 2 is 1.92 bits per heavy atom. The molecular weight excluding hydrogens is 486 g/mol. The molecule has 1 amide bonds. The summed E-state index contributed by atoms with van der Waals surface area (Å²) in [5.41, 5.74) is 7.09. The van der Waals surface area contributed by atoms with Gasteiger partial charge in [-0.2, -0.15) is 5.06 Å². The van der Waals surface area contributed by atoms with Crippen LogP contribution in [0.4, 0.5) is 0 Å². The molecule has 1 aromatic carbocycles. The number of aryl methyl sites for hydroxylation is 1. The number of nitrogens with zero attached hydrogens (tertiary/aromatic N) is 3. The number of thiophene rings is 1. The van der Waals surface area contributed by atoms with Crippen LogP contribution < -0.4 is 9.47 Å². The number of carbonyl (C=O) groups excluding carboxylic acids is 1. The summed E-state index contributed by atoms with van der Waals surface area (Å²) in [6, 6.07) is 8.75. The summed E-state index contributed by atoms with van der Waals surface area (Å²) in [6.07, 6.45) is 0.915. The van der Waals surface area contributed by atoms with E-state index in [0.717, 1.165) is 35.7 Å². The summed E-state index contributed by atoms with van der Waals surface area (Å²) < 4.78 is 14.3. The summed E-state index contributed by atoms with van der Waals surface area (Å²) in [6.45, 7) is 13.2. The largest absolute Gasteiger partial charge is 0.493 e. The van der Waals surface area contributed by atoms with Crippen LogP contribution in [0.2, 0.25) is 0 Å². The molecule has 0 saturated heterocycles. The summed E-state index contributed by atoms with van der Waals surface area (Å²) in [5, 5.41) is 4.12. The molecule has 3 aromatic rings. The number of amides is 1. The molecule has 2 aromatic heterocycles. The Hall–Kier alpha value is -2.81. The molecule has 0 N–H and O–H groups in total. The van der Waals surface area contributed by atoms with Crippen LogP contribution in [0.1, 0.15) is 51.4 Å². The Labute approximate surface area is 223 Å². The van der Waals surface area contributed by atoms with Gasteiger partial charge in [0.25, 0.3) is 0 Å². The van der Waals surface area contributed by atoms with Crippen molar-refractivity contribution in [3.63, 3.8) is 0 Å². The second kappa shape index (κ2) is 10.5. The number of rotatable bonds is 5. The van der Waals surface area contributed by atoms with Crippen molar-refractivity contribution in [2.45, 2.75) is 72.9 Å². The normalized spacial score (nSPS) is 16.1. The molecule has 0 radical (unpaired) electrons. The molecule has 0 aliphatic carbocycles. The lowest BCUT2D eigenvalue weighted by Crippen LogP contribution is -2.39. The first-order chi connectivity index (χ1) is 17.8. The highest BCUT2D eigenvalue weighted by atomic mass is 32.1. The maximum Gasteiger partial charge on any atom is 0.219 e. The average Bonchev–Trinajstić information content (AvgIpc) is 3.49. The Morgan fingerprint density at radius 3 is 2.57 bits per heavy atom. The lowest BCUT2D eigenvalue weighted by Gasteiger charge is -2.28. The van der Waals surface area contributed by atoms with Crippen LogP contribution in [0.5, 0.6) is 11.5 Å². The molecule has 2 aliphatic rings. The predicted molar refractivity (Wildman–Crippen MR) is 147 cm³/mol. The highest BCUT2D eigenvalue weighted by Gasteiger charge is 2.33. The minimum atomic E-state index is 0.0302. The van der Waals surface area contributed by atoms with E-state index in [2.05, 4.69) is 48.1 Å². The second-order valence-electron chi connectivity index (χ2n) is 10.3. The van der Waals surface area contributed by atoms with E-state index < -0.39 is 0 Å². The average molecular weight is 524 g/mol. The lowest BCUT2D eigenvalue weighted by atomic mass is 9.94. The zero-order valence-corrected chi connectivity index (χ0v) is 23.5. The van der Waals surface area contributed by atoms with Gasteiger partial charge in [0.1, 0.15) is 6.61 Å². The highest BCUT2D eigenvalue weighted by Crippen LogP contribution is 2.48.